The SMILES string of the molecule is Cc1ccc(N2CCCC(NC(=O)CCc3ccccn3)C2=O)cc1. The fourth-order valence-corrected chi connectivity index (χ4v) is 3.04. The normalized spacial score (nSPS) is 17.4. The van der Waals surface area contributed by atoms with Gasteiger partial charge in [0, 0.05) is 30.5 Å². The van der Waals surface area contributed by atoms with Crippen molar-refractivity contribution in [2.75, 3.05) is 11.4 Å². The number of hydrogen-bond donors (Lipinski definition) is 1. The number of aromatic nitrogens is 1. The minimum atomic E-state index is -0.439. The summed E-state index contributed by atoms with van der Waals surface area (Å²) in [5.41, 5.74) is 2.93. The summed E-state index contributed by atoms with van der Waals surface area (Å²) in [5, 5.41) is 2.89. The summed E-state index contributed by atoms with van der Waals surface area (Å²) in [7, 11) is 0. The third-order valence-corrected chi connectivity index (χ3v) is 4.45. The lowest BCUT2D eigenvalue weighted by atomic mass is 10.0. The highest BCUT2D eigenvalue weighted by atomic mass is 16.2. The first kappa shape index (κ1) is 17.1. The van der Waals surface area contributed by atoms with Crippen LogP contribution in [0.5, 0.6) is 0 Å². The van der Waals surface area contributed by atoms with Gasteiger partial charge < -0.3 is 10.2 Å². The van der Waals surface area contributed by atoms with Crippen molar-refractivity contribution in [3.63, 3.8) is 0 Å². The average molecular weight is 337 g/mol. The molecule has 2 aromatic rings. The van der Waals surface area contributed by atoms with E-state index in [1.54, 1.807) is 11.1 Å². The van der Waals surface area contributed by atoms with Crippen LogP contribution in [0.15, 0.2) is 48.7 Å². The van der Waals surface area contributed by atoms with Crippen LogP contribution in [-0.4, -0.2) is 29.4 Å². The van der Waals surface area contributed by atoms with E-state index in [1.165, 1.54) is 0 Å². The molecule has 1 unspecified atom stereocenters. The van der Waals surface area contributed by atoms with E-state index >= 15 is 0 Å². The predicted molar refractivity (Wildman–Crippen MR) is 97.3 cm³/mol. The van der Waals surface area contributed by atoms with Crippen LogP contribution in [0.3, 0.4) is 0 Å². The maximum absolute atomic E-state index is 12.7. The number of piperidine rings is 1. The fraction of sp³-hybridized carbons (Fsp3) is 0.350. The summed E-state index contributed by atoms with van der Waals surface area (Å²) in [4.78, 5) is 30.9. The van der Waals surface area contributed by atoms with Crippen LogP contribution in [0.1, 0.15) is 30.5 Å². The highest BCUT2D eigenvalue weighted by Gasteiger charge is 2.30. The lowest BCUT2D eigenvalue weighted by molar-refractivity contribution is -0.128. The minimum absolute atomic E-state index is 0.0266. The largest absolute Gasteiger partial charge is 0.344 e. The molecule has 25 heavy (non-hydrogen) atoms. The molecular weight excluding hydrogens is 314 g/mol. The van der Waals surface area contributed by atoms with Gasteiger partial charge in [0.05, 0.1) is 0 Å². The Morgan fingerprint density at radius 2 is 2.04 bits per heavy atom. The van der Waals surface area contributed by atoms with Crippen molar-refractivity contribution < 1.29 is 9.59 Å². The molecule has 0 spiro atoms. The number of anilines is 1. The molecule has 0 aliphatic carbocycles. The van der Waals surface area contributed by atoms with Gasteiger partial charge in [-0.2, -0.15) is 0 Å². The van der Waals surface area contributed by atoms with Crippen LogP contribution >= 0.6 is 0 Å². The molecule has 1 fully saturated rings. The van der Waals surface area contributed by atoms with Gasteiger partial charge in [-0.1, -0.05) is 23.8 Å². The topological polar surface area (TPSA) is 62.3 Å². The second kappa shape index (κ2) is 7.92. The number of nitrogens with zero attached hydrogens (tertiary/aromatic N) is 2. The molecule has 2 amide bonds. The molecule has 0 bridgehead atoms. The molecule has 1 saturated heterocycles. The maximum atomic E-state index is 12.7. The third kappa shape index (κ3) is 4.44. The zero-order valence-electron chi connectivity index (χ0n) is 14.4. The van der Waals surface area contributed by atoms with Gasteiger partial charge in [-0.15, -0.1) is 0 Å². The van der Waals surface area contributed by atoms with Gasteiger partial charge in [-0.05, 0) is 50.5 Å². The molecule has 0 radical (unpaired) electrons. The Bertz CT molecular complexity index is 728. The smallest absolute Gasteiger partial charge is 0.249 e. The van der Waals surface area contributed by atoms with E-state index in [0.717, 1.165) is 23.4 Å². The highest BCUT2D eigenvalue weighted by molar-refractivity contribution is 5.99. The number of aryl methyl sites for hydroxylation is 2. The molecule has 1 atom stereocenters. The van der Waals surface area contributed by atoms with Crippen molar-refractivity contribution in [1.29, 1.82) is 0 Å². The lowest BCUT2D eigenvalue weighted by Gasteiger charge is -2.32. The number of amides is 2. The molecule has 2 heterocycles. The first-order valence-electron chi connectivity index (χ1n) is 8.71. The van der Waals surface area contributed by atoms with Gasteiger partial charge in [0.2, 0.25) is 11.8 Å². The average Bonchev–Trinajstić information content (AvgIpc) is 2.63. The van der Waals surface area contributed by atoms with Gasteiger partial charge >= 0.3 is 0 Å². The molecule has 1 aromatic heterocycles. The van der Waals surface area contributed by atoms with Crippen LogP contribution in [0.2, 0.25) is 0 Å². The fourth-order valence-electron chi connectivity index (χ4n) is 3.04. The lowest BCUT2D eigenvalue weighted by Crippen LogP contribution is -2.52. The number of carbonyl (C=O) groups excluding carboxylic acids is 2. The molecule has 1 aliphatic rings. The van der Waals surface area contributed by atoms with E-state index in [1.807, 2.05) is 49.4 Å². The number of benzene rings is 1. The molecule has 5 nitrogen and oxygen atoms in total. The Morgan fingerprint density at radius 1 is 1.24 bits per heavy atom. The number of hydrogen-bond acceptors (Lipinski definition) is 3. The molecule has 5 heteroatoms. The standard InChI is InChI=1S/C20H23N3O2/c1-15-7-10-17(11-8-15)23-14-4-6-18(20(23)25)22-19(24)12-9-16-5-2-3-13-21-16/h2-3,5,7-8,10-11,13,18H,4,6,9,12,14H2,1H3,(H,22,24). The van der Waals surface area contributed by atoms with Crippen molar-refractivity contribution in [3.05, 3.63) is 59.9 Å². The van der Waals surface area contributed by atoms with Crippen LogP contribution in [0.25, 0.3) is 0 Å². The molecular formula is C20H23N3O2. The van der Waals surface area contributed by atoms with E-state index in [0.29, 0.717) is 25.8 Å². The Morgan fingerprint density at radius 3 is 2.76 bits per heavy atom. The minimum Gasteiger partial charge on any atom is -0.344 e. The highest BCUT2D eigenvalue weighted by Crippen LogP contribution is 2.21. The predicted octanol–water partition coefficient (Wildman–Crippen LogP) is 2.63. The number of carbonyl (C=O) groups is 2. The van der Waals surface area contributed by atoms with Crippen LogP contribution in [0, 0.1) is 6.92 Å². The van der Waals surface area contributed by atoms with E-state index in [2.05, 4.69) is 10.3 Å². The van der Waals surface area contributed by atoms with Crippen molar-refractivity contribution in [1.82, 2.24) is 10.3 Å². The van der Waals surface area contributed by atoms with Crippen LogP contribution < -0.4 is 10.2 Å². The molecule has 1 aromatic carbocycles. The van der Waals surface area contributed by atoms with Crippen molar-refractivity contribution in [3.8, 4) is 0 Å². The number of pyridine rings is 1. The Kier molecular flexibility index (Phi) is 5.43. The van der Waals surface area contributed by atoms with E-state index in [9.17, 15) is 9.59 Å². The first-order valence-corrected chi connectivity index (χ1v) is 8.71. The van der Waals surface area contributed by atoms with Crippen molar-refractivity contribution >= 4 is 17.5 Å². The molecule has 3 rings (SSSR count). The third-order valence-electron chi connectivity index (χ3n) is 4.45. The Labute approximate surface area is 148 Å². The number of rotatable bonds is 5. The summed E-state index contributed by atoms with van der Waals surface area (Å²) < 4.78 is 0. The van der Waals surface area contributed by atoms with E-state index in [-0.39, 0.29) is 11.8 Å². The second-order valence-electron chi connectivity index (χ2n) is 6.41. The molecule has 1 aliphatic heterocycles. The van der Waals surface area contributed by atoms with Gasteiger partial charge in [0.25, 0.3) is 0 Å². The summed E-state index contributed by atoms with van der Waals surface area (Å²) in [6.07, 6.45) is 4.21. The Hall–Kier alpha value is -2.69. The van der Waals surface area contributed by atoms with Crippen LogP contribution in [0.4, 0.5) is 5.69 Å². The van der Waals surface area contributed by atoms with E-state index in [4.69, 9.17) is 0 Å². The quantitative estimate of drug-likeness (QED) is 0.912. The van der Waals surface area contributed by atoms with Crippen molar-refractivity contribution in [2.24, 2.45) is 0 Å². The zero-order chi connectivity index (χ0) is 17.6. The van der Waals surface area contributed by atoms with Gasteiger partial charge in [0.1, 0.15) is 6.04 Å². The van der Waals surface area contributed by atoms with Gasteiger partial charge in [-0.3, -0.25) is 14.6 Å². The summed E-state index contributed by atoms with van der Waals surface area (Å²) in [5.74, 6) is -0.129. The Balaban J connectivity index is 1.57. The second-order valence-corrected chi connectivity index (χ2v) is 6.41. The monoisotopic (exact) mass is 337 g/mol. The van der Waals surface area contributed by atoms with Gasteiger partial charge in [0.15, 0.2) is 0 Å². The summed E-state index contributed by atoms with van der Waals surface area (Å²) in [6.45, 7) is 2.72. The number of nitrogens with one attached hydrogen (secondary N) is 1. The maximum Gasteiger partial charge on any atom is 0.249 e. The van der Waals surface area contributed by atoms with E-state index < -0.39 is 6.04 Å². The van der Waals surface area contributed by atoms with Crippen molar-refractivity contribution in [2.45, 2.75) is 38.6 Å². The van der Waals surface area contributed by atoms with Gasteiger partial charge in [-0.25, -0.2) is 0 Å². The summed E-state index contributed by atoms with van der Waals surface area (Å²) >= 11 is 0. The molecule has 1 N–H and O–H groups in total. The first-order chi connectivity index (χ1) is 12.1. The zero-order valence-corrected chi connectivity index (χ0v) is 14.4. The molecule has 130 valence electrons. The summed E-state index contributed by atoms with van der Waals surface area (Å²) in [6, 6.07) is 13.1. The molecule has 0 saturated carbocycles. The van der Waals surface area contributed by atoms with Crippen LogP contribution in [-0.2, 0) is 16.0 Å².